The number of benzene rings is 4. The van der Waals surface area contributed by atoms with E-state index in [2.05, 4.69) is 119 Å². The maximum atomic E-state index is 12.6. The van der Waals surface area contributed by atoms with Gasteiger partial charge in [-0.2, -0.15) is 0 Å². The molecular weight excluding hydrogens is 791 g/mol. The number of H-pyrrole nitrogens is 2. The largest absolute Gasteiger partial charge is 0.345 e. The number of aromatic nitrogens is 4. The summed E-state index contributed by atoms with van der Waals surface area (Å²) in [6, 6.07) is 31.5. The molecule has 0 atom stereocenters. The smallest absolute Gasteiger partial charge is 0.251 e. The van der Waals surface area contributed by atoms with Crippen LogP contribution in [0.4, 0.5) is 0 Å². The highest BCUT2D eigenvalue weighted by Crippen LogP contribution is 2.13. The molecule has 0 bridgehead atoms. The zero-order chi connectivity index (χ0) is 44.2. The molecule has 7 rings (SSSR count). The van der Waals surface area contributed by atoms with Gasteiger partial charge in [0.15, 0.2) is 0 Å². The first-order valence-electron chi connectivity index (χ1n) is 22.2. The second kappa shape index (κ2) is 24.9. The van der Waals surface area contributed by atoms with Crippen LogP contribution in [0.25, 0.3) is 22.1 Å². The van der Waals surface area contributed by atoms with E-state index in [0.717, 1.165) is 125 Å². The summed E-state index contributed by atoms with van der Waals surface area (Å²) in [5.74, 6) is 1.32. The molecule has 63 heavy (non-hydrogen) atoms. The molecule has 15 nitrogen and oxygen atoms in total. The molecule has 2 aromatic heterocycles. The van der Waals surface area contributed by atoms with Crippen LogP contribution in [0, 0.1) is 0 Å². The molecule has 15 heteroatoms. The van der Waals surface area contributed by atoms with E-state index in [1.807, 2.05) is 72.8 Å². The zero-order valence-electron chi connectivity index (χ0n) is 37.6. The third-order valence-electron chi connectivity index (χ3n) is 10.8. The average Bonchev–Trinajstić information content (AvgIpc) is 3.91. The Morgan fingerprint density at radius 3 is 1.43 bits per heavy atom. The molecule has 0 saturated carbocycles. The standard InChI is InChI=1S/C24H33N7O.C24H34N6O/c32-24(28-17-23-29-21-3-1-2-4-22(21)30-23)20-7-5-19(6-8-20)18-31-15-13-26-11-9-25-10-12-27-14-16-31;1-28(2)13-15-30(16-14-29(3)4)18-19-9-11-20(12-10-19)24(31)25-17-23-26-21-7-5-6-8-22(21)27-23/h1-8,25-27H,9-18H2,(H,28,32)(H,29,30);5-12H,13-18H2,1-4H3,(H,25,31)(H,26,27). The van der Waals surface area contributed by atoms with Crippen LogP contribution in [0.2, 0.25) is 0 Å². The molecule has 336 valence electrons. The van der Waals surface area contributed by atoms with Crippen LogP contribution in [0.3, 0.4) is 0 Å². The van der Waals surface area contributed by atoms with Gasteiger partial charge in [-0.05, 0) is 87.8 Å². The van der Waals surface area contributed by atoms with Crippen molar-refractivity contribution in [2.24, 2.45) is 0 Å². The number of likely N-dealkylation sites (N-methyl/N-ethyl adjacent to an activating group) is 2. The Hall–Kier alpha value is -5.52. The lowest BCUT2D eigenvalue weighted by Gasteiger charge is -2.25. The first kappa shape index (κ1) is 47.0. The molecule has 0 radical (unpaired) electrons. The topological polar surface area (TPSA) is 165 Å². The summed E-state index contributed by atoms with van der Waals surface area (Å²) in [7, 11) is 8.40. The SMILES string of the molecule is CN(C)CCN(CCN(C)C)Cc1ccc(C(=O)NCc2nc3ccccc3[nH]2)cc1.O=C(NCc1nc2ccccc2[nH]1)c1ccc(CN2CCNCCNCCNCC2)cc1. The Morgan fingerprint density at radius 2 is 0.984 bits per heavy atom. The predicted octanol–water partition coefficient (Wildman–Crippen LogP) is 3.50. The van der Waals surface area contributed by atoms with Crippen molar-refractivity contribution in [1.82, 2.24) is 66.1 Å². The number of rotatable bonds is 16. The molecule has 7 N–H and O–H groups in total. The number of fused-ring (bicyclic) bond motifs is 2. The fourth-order valence-electron chi connectivity index (χ4n) is 7.18. The zero-order valence-corrected chi connectivity index (χ0v) is 37.6. The Morgan fingerprint density at radius 1 is 0.556 bits per heavy atom. The lowest BCUT2D eigenvalue weighted by Crippen LogP contribution is -2.41. The molecule has 0 unspecified atom stereocenters. The lowest BCUT2D eigenvalue weighted by atomic mass is 10.1. The van der Waals surface area contributed by atoms with Crippen molar-refractivity contribution < 1.29 is 9.59 Å². The lowest BCUT2D eigenvalue weighted by molar-refractivity contribution is 0.0942. The molecule has 1 fully saturated rings. The van der Waals surface area contributed by atoms with Gasteiger partial charge in [0.05, 0.1) is 35.2 Å². The summed E-state index contributed by atoms with van der Waals surface area (Å²) in [6.07, 6.45) is 0. The molecular formula is C48H67N13O2. The Bertz CT molecular complexity index is 2180. The molecule has 1 saturated heterocycles. The second-order valence-electron chi connectivity index (χ2n) is 16.6. The van der Waals surface area contributed by atoms with Crippen LogP contribution < -0.4 is 26.6 Å². The van der Waals surface area contributed by atoms with E-state index in [1.165, 1.54) is 11.1 Å². The summed E-state index contributed by atoms with van der Waals surface area (Å²) in [4.78, 5) is 49.9. The van der Waals surface area contributed by atoms with Gasteiger partial charge in [0.2, 0.25) is 0 Å². The van der Waals surface area contributed by atoms with Gasteiger partial charge >= 0.3 is 0 Å². The average molecular weight is 858 g/mol. The number of nitrogens with zero attached hydrogens (tertiary/aromatic N) is 6. The van der Waals surface area contributed by atoms with Gasteiger partial charge in [0.1, 0.15) is 11.6 Å². The monoisotopic (exact) mass is 858 g/mol. The molecule has 0 spiro atoms. The van der Waals surface area contributed by atoms with Crippen LogP contribution in [-0.2, 0) is 26.2 Å². The maximum Gasteiger partial charge on any atom is 0.251 e. The molecule has 4 aromatic carbocycles. The van der Waals surface area contributed by atoms with Gasteiger partial charge in [-0.25, -0.2) is 9.97 Å². The van der Waals surface area contributed by atoms with Crippen LogP contribution in [0.5, 0.6) is 0 Å². The fourth-order valence-corrected chi connectivity index (χ4v) is 7.18. The first-order valence-corrected chi connectivity index (χ1v) is 22.2. The van der Waals surface area contributed by atoms with Crippen molar-refractivity contribution in [2.75, 3.05) is 107 Å². The van der Waals surface area contributed by atoms with Crippen molar-refractivity contribution in [3.8, 4) is 0 Å². The van der Waals surface area contributed by atoms with Gasteiger partial charge in [0.25, 0.3) is 11.8 Å². The summed E-state index contributed by atoms with van der Waals surface area (Å²) < 4.78 is 0. The van der Waals surface area contributed by atoms with Gasteiger partial charge in [-0.1, -0.05) is 48.5 Å². The highest BCUT2D eigenvalue weighted by Gasteiger charge is 2.13. The summed E-state index contributed by atoms with van der Waals surface area (Å²) in [6.45, 7) is 14.5. The third-order valence-corrected chi connectivity index (χ3v) is 10.8. The van der Waals surface area contributed by atoms with Crippen LogP contribution >= 0.6 is 0 Å². The minimum atomic E-state index is -0.0934. The number of hydrogen-bond acceptors (Lipinski definition) is 11. The number of para-hydroxylation sites is 4. The fraction of sp³-hybridized carbons (Fsp3) is 0.417. The summed E-state index contributed by atoms with van der Waals surface area (Å²) >= 11 is 0. The molecule has 0 aliphatic carbocycles. The van der Waals surface area contributed by atoms with Crippen LogP contribution in [0.15, 0.2) is 97.1 Å². The summed E-state index contributed by atoms with van der Waals surface area (Å²) in [5.41, 5.74) is 7.52. The Balaban J connectivity index is 0.000000210. The Kier molecular flexibility index (Phi) is 18.6. The highest BCUT2D eigenvalue weighted by atomic mass is 16.2. The van der Waals surface area contributed by atoms with E-state index in [0.29, 0.717) is 24.2 Å². The van der Waals surface area contributed by atoms with E-state index in [4.69, 9.17) is 0 Å². The number of aromatic amines is 2. The summed E-state index contributed by atoms with van der Waals surface area (Å²) in [5, 5.41) is 16.3. The minimum Gasteiger partial charge on any atom is -0.345 e. The predicted molar refractivity (Wildman–Crippen MR) is 254 cm³/mol. The van der Waals surface area contributed by atoms with Crippen molar-refractivity contribution >= 4 is 33.9 Å². The van der Waals surface area contributed by atoms with E-state index in [-0.39, 0.29) is 11.8 Å². The number of amides is 2. The van der Waals surface area contributed by atoms with E-state index < -0.39 is 0 Å². The first-order chi connectivity index (χ1) is 30.7. The maximum absolute atomic E-state index is 12.6. The van der Waals surface area contributed by atoms with Crippen LogP contribution in [-0.4, -0.2) is 158 Å². The molecule has 1 aliphatic heterocycles. The number of imidazole rings is 2. The normalized spacial score (nSPS) is 14.3. The second-order valence-corrected chi connectivity index (χ2v) is 16.6. The van der Waals surface area contributed by atoms with Gasteiger partial charge in [-0.3, -0.25) is 19.4 Å². The Labute approximate surface area is 372 Å². The minimum absolute atomic E-state index is 0.0923. The quantitative estimate of drug-likeness (QED) is 0.0763. The number of carbonyl (C=O) groups is 2. The highest BCUT2D eigenvalue weighted by molar-refractivity contribution is 5.94. The van der Waals surface area contributed by atoms with Crippen molar-refractivity contribution in [1.29, 1.82) is 0 Å². The molecule has 2 amide bonds. The van der Waals surface area contributed by atoms with Crippen molar-refractivity contribution in [3.63, 3.8) is 0 Å². The van der Waals surface area contributed by atoms with E-state index in [1.54, 1.807) is 0 Å². The van der Waals surface area contributed by atoms with E-state index in [9.17, 15) is 9.59 Å². The van der Waals surface area contributed by atoms with Crippen LogP contribution in [0.1, 0.15) is 43.5 Å². The van der Waals surface area contributed by atoms with E-state index >= 15 is 0 Å². The van der Waals surface area contributed by atoms with Gasteiger partial charge in [-0.15, -0.1) is 0 Å². The number of nitrogens with one attached hydrogen (secondary N) is 7. The number of hydrogen-bond donors (Lipinski definition) is 7. The van der Waals surface area contributed by atoms with Crippen molar-refractivity contribution in [2.45, 2.75) is 26.2 Å². The van der Waals surface area contributed by atoms with Gasteiger partial charge < -0.3 is 46.4 Å². The van der Waals surface area contributed by atoms with Crippen molar-refractivity contribution in [3.05, 3.63) is 131 Å². The molecule has 3 heterocycles. The third kappa shape index (κ3) is 16.0. The van der Waals surface area contributed by atoms with Gasteiger partial charge in [0, 0.05) is 103 Å². The molecule has 6 aromatic rings. The number of carbonyl (C=O) groups excluding carboxylic acids is 2. The molecule has 1 aliphatic rings.